The summed E-state index contributed by atoms with van der Waals surface area (Å²) in [6, 6.07) is 5.11. The molecule has 0 aliphatic heterocycles. The highest BCUT2D eigenvalue weighted by molar-refractivity contribution is 9.10. The van der Waals surface area contributed by atoms with E-state index in [0.29, 0.717) is 10.2 Å². The predicted octanol–water partition coefficient (Wildman–Crippen LogP) is 3.61. The molecule has 3 N–H and O–H groups in total. The molecule has 0 amide bonds. The van der Waals surface area contributed by atoms with E-state index < -0.39 is 10.0 Å². The van der Waals surface area contributed by atoms with Gasteiger partial charge in [-0.3, -0.25) is 4.72 Å². The van der Waals surface area contributed by atoms with Crippen molar-refractivity contribution in [3.63, 3.8) is 0 Å². The SMILES string of the molecule is Cc1cc(Br)cc(C)c1NS(=O)(=O)c1cc(Br)cnc1N. The Balaban J connectivity index is 2.50. The van der Waals surface area contributed by atoms with Crippen LogP contribution in [0.25, 0.3) is 0 Å². The van der Waals surface area contributed by atoms with E-state index in [2.05, 4.69) is 41.6 Å². The third-order valence-corrected chi connectivity index (χ3v) is 5.14. The van der Waals surface area contributed by atoms with Gasteiger partial charge in [-0.05, 0) is 59.1 Å². The van der Waals surface area contributed by atoms with Gasteiger partial charge in [-0.25, -0.2) is 13.4 Å². The average Bonchev–Trinajstić information content (AvgIpc) is 2.36. The van der Waals surface area contributed by atoms with Gasteiger partial charge < -0.3 is 5.73 Å². The molecule has 0 saturated heterocycles. The van der Waals surface area contributed by atoms with E-state index in [-0.39, 0.29) is 10.7 Å². The number of nitrogen functional groups attached to an aromatic ring is 1. The van der Waals surface area contributed by atoms with Gasteiger partial charge in [-0.1, -0.05) is 15.9 Å². The zero-order valence-electron chi connectivity index (χ0n) is 11.3. The average molecular weight is 435 g/mol. The van der Waals surface area contributed by atoms with Crippen molar-refractivity contribution in [2.75, 3.05) is 10.5 Å². The van der Waals surface area contributed by atoms with Crippen LogP contribution in [0.15, 0.2) is 38.2 Å². The predicted molar refractivity (Wildman–Crippen MR) is 90.8 cm³/mol. The van der Waals surface area contributed by atoms with Gasteiger partial charge in [0, 0.05) is 15.1 Å². The fourth-order valence-electron chi connectivity index (χ4n) is 1.91. The van der Waals surface area contributed by atoms with Crippen LogP contribution in [0.1, 0.15) is 11.1 Å². The van der Waals surface area contributed by atoms with Crippen LogP contribution in [0.2, 0.25) is 0 Å². The maximum Gasteiger partial charge on any atom is 0.265 e. The maximum absolute atomic E-state index is 12.5. The minimum atomic E-state index is -3.81. The molecule has 1 aromatic carbocycles. The van der Waals surface area contributed by atoms with Crippen LogP contribution in [-0.4, -0.2) is 13.4 Å². The topological polar surface area (TPSA) is 85.1 Å². The van der Waals surface area contributed by atoms with E-state index in [4.69, 9.17) is 5.73 Å². The molecule has 2 rings (SSSR count). The molecule has 0 unspecified atom stereocenters. The molecule has 0 aliphatic carbocycles. The molecule has 2 aromatic rings. The number of benzene rings is 1. The van der Waals surface area contributed by atoms with E-state index in [1.165, 1.54) is 12.3 Å². The number of hydrogen-bond acceptors (Lipinski definition) is 4. The van der Waals surface area contributed by atoms with Gasteiger partial charge in [0.25, 0.3) is 10.0 Å². The van der Waals surface area contributed by atoms with Crippen molar-refractivity contribution >= 4 is 53.4 Å². The quantitative estimate of drug-likeness (QED) is 0.772. The standard InChI is InChI=1S/C13H13Br2N3O2S/c1-7-3-9(14)4-8(2)12(7)18-21(19,20)11-5-10(15)6-17-13(11)16/h3-6,18H,1-2H3,(H2,16,17). The number of halogens is 2. The number of aryl methyl sites for hydroxylation is 2. The van der Waals surface area contributed by atoms with E-state index in [1.54, 1.807) is 0 Å². The Morgan fingerprint density at radius 3 is 2.24 bits per heavy atom. The van der Waals surface area contributed by atoms with Crippen LogP contribution in [0.4, 0.5) is 11.5 Å². The number of anilines is 2. The van der Waals surface area contributed by atoms with Gasteiger partial charge in [-0.2, -0.15) is 0 Å². The van der Waals surface area contributed by atoms with Gasteiger partial charge in [0.15, 0.2) is 0 Å². The molecule has 0 aliphatic rings. The summed E-state index contributed by atoms with van der Waals surface area (Å²) >= 11 is 6.58. The Kier molecular flexibility index (Phi) is 4.60. The van der Waals surface area contributed by atoms with Crippen molar-refractivity contribution in [1.29, 1.82) is 0 Å². The number of nitrogens with zero attached hydrogens (tertiary/aromatic N) is 1. The van der Waals surface area contributed by atoms with Crippen molar-refractivity contribution in [2.24, 2.45) is 0 Å². The number of rotatable bonds is 3. The number of nitrogens with one attached hydrogen (secondary N) is 1. The van der Waals surface area contributed by atoms with E-state index in [1.807, 2.05) is 26.0 Å². The molecule has 0 spiro atoms. The largest absolute Gasteiger partial charge is 0.383 e. The molecule has 8 heteroatoms. The third kappa shape index (κ3) is 3.56. The lowest BCUT2D eigenvalue weighted by molar-refractivity contribution is 0.601. The number of nitrogens with two attached hydrogens (primary N) is 1. The van der Waals surface area contributed by atoms with Crippen LogP contribution in [0.3, 0.4) is 0 Å². The molecule has 5 nitrogen and oxygen atoms in total. The zero-order chi connectivity index (χ0) is 15.8. The highest BCUT2D eigenvalue weighted by atomic mass is 79.9. The number of pyridine rings is 1. The molecular formula is C13H13Br2N3O2S. The fourth-order valence-corrected chi connectivity index (χ4v) is 4.39. The molecule has 0 atom stereocenters. The number of aromatic nitrogens is 1. The van der Waals surface area contributed by atoms with Crippen molar-refractivity contribution in [2.45, 2.75) is 18.7 Å². The zero-order valence-corrected chi connectivity index (χ0v) is 15.3. The van der Waals surface area contributed by atoms with Gasteiger partial charge in [0.2, 0.25) is 0 Å². The minimum Gasteiger partial charge on any atom is -0.383 e. The first-order valence-corrected chi connectivity index (χ1v) is 8.98. The van der Waals surface area contributed by atoms with E-state index >= 15 is 0 Å². The van der Waals surface area contributed by atoms with Gasteiger partial charge in [0.1, 0.15) is 10.7 Å². The first-order valence-electron chi connectivity index (χ1n) is 5.91. The minimum absolute atomic E-state index is 0.0434. The summed E-state index contributed by atoms with van der Waals surface area (Å²) < 4.78 is 29.0. The first-order chi connectivity index (χ1) is 9.70. The van der Waals surface area contributed by atoms with Gasteiger partial charge in [-0.15, -0.1) is 0 Å². The summed E-state index contributed by atoms with van der Waals surface area (Å²) in [5, 5.41) is 0. The molecule has 0 saturated carbocycles. The fraction of sp³-hybridized carbons (Fsp3) is 0.154. The lowest BCUT2D eigenvalue weighted by atomic mass is 10.1. The molecule has 21 heavy (non-hydrogen) atoms. The van der Waals surface area contributed by atoms with Crippen LogP contribution < -0.4 is 10.5 Å². The Hall–Kier alpha value is -1.12. The van der Waals surface area contributed by atoms with Crippen LogP contribution >= 0.6 is 31.9 Å². The molecule has 0 radical (unpaired) electrons. The van der Waals surface area contributed by atoms with Gasteiger partial charge >= 0.3 is 0 Å². The summed E-state index contributed by atoms with van der Waals surface area (Å²) in [5.74, 6) is -0.0434. The van der Waals surface area contributed by atoms with E-state index in [9.17, 15) is 8.42 Å². The lowest BCUT2D eigenvalue weighted by Crippen LogP contribution is -2.17. The lowest BCUT2D eigenvalue weighted by Gasteiger charge is -2.14. The van der Waals surface area contributed by atoms with Crippen LogP contribution in [0, 0.1) is 13.8 Å². The van der Waals surface area contributed by atoms with Crippen molar-refractivity contribution in [1.82, 2.24) is 4.98 Å². The van der Waals surface area contributed by atoms with Crippen molar-refractivity contribution in [3.05, 3.63) is 44.5 Å². The molecule has 112 valence electrons. The summed E-state index contributed by atoms with van der Waals surface area (Å²) in [6.45, 7) is 3.66. The Morgan fingerprint density at radius 1 is 1.10 bits per heavy atom. The smallest absolute Gasteiger partial charge is 0.265 e. The molecule has 1 heterocycles. The second-order valence-electron chi connectivity index (χ2n) is 4.56. The molecule has 0 fully saturated rings. The molecule has 1 aromatic heterocycles. The first kappa shape index (κ1) is 16.3. The number of hydrogen-bond donors (Lipinski definition) is 2. The molecule has 0 bridgehead atoms. The summed E-state index contributed by atoms with van der Waals surface area (Å²) in [4.78, 5) is 3.79. The number of sulfonamides is 1. The van der Waals surface area contributed by atoms with E-state index in [0.717, 1.165) is 15.6 Å². The highest BCUT2D eigenvalue weighted by Crippen LogP contribution is 2.29. The normalized spacial score (nSPS) is 11.4. The Bertz CT molecular complexity index is 784. The summed E-state index contributed by atoms with van der Waals surface area (Å²) in [6.07, 6.45) is 1.45. The highest BCUT2D eigenvalue weighted by Gasteiger charge is 2.21. The summed E-state index contributed by atoms with van der Waals surface area (Å²) in [7, 11) is -3.81. The second kappa shape index (κ2) is 5.94. The van der Waals surface area contributed by atoms with Crippen LogP contribution in [-0.2, 0) is 10.0 Å². The Labute approximate surface area is 140 Å². The van der Waals surface area contributed by atoms with Gasteiger partial charge in [0.05, 0.1) is 5.69 Å². The van der Waals surface area contributed by atoms with Crippen LogP contribution in [0.5, 0.6) is 0 Å². The Morgan fingerprint density at radius 2 is 1.67 bits per heavy atom. The maximum atomic E-state index is 12.5. The molecular weight excluding hydrogens is 422 g/mol. The second-order valence-corrected chi connectivity index (χ2v) is 8.04. The summed E-state index contributed by atoms with van der Waals surface area (Å²) in [5.41, 5.74) is 7.83. The monoisotopic (exact) mass is 433 g/mol. The third-order valence-electron chi connectivity index (χ3n) is 2.87. The van der Waals surface area contributed by atoms with Crippen molar-refractivity contribution in [3.8, 4) is 0 Å². The van der Waals surface area contributed by atoms with Crippen molar-refractivity contribution < 1.29 is 8.42 Å².